The molecular formula is C24H28N4O5S. The maximum atomic E-state index is 13.5. The molecule has 0 radical (unpaired) electrons. The topological polar surface area (TPSA) is 108 Å². The maximum Gasteiger partial charge on any atom is 0.262 e. The minimum absolute atomic E-state index is 0.0693. The molecular weight excluding hydrogens is 456 g/mol. The largest absolute Gasteiger partial charge is 0.493 e. The fourth-order valence-corrected chi connectivity index (χ4v) is 4.78. The van der Waals surface area contributed by atoms with E-state index in [1.165, 1.54) is 44.4 Å². The number of ether oxygens (including phenoxy) is 2. The number of aromatic nitrogens is 3. The molecule has 3 aromatic rings. The highest BCUT2D eigenvalue weighted by Crippen LogP contribution is 2.31. The van der Waals surface area contributed by atoms with Crippen LogP contribution < -0.4 is 20.3 Å². The van der Waals surface area contributed by atoms with Crippen LogP contribution in [-0.4, -0.2) is 40.6 Å². The van der Waals surface area contributed by atoms with Crippen molar-refractivity contribution in [3.8, 4) is 11.5 Å². The van der Waals surface area contributed by atoms with E-state index >= 15 is 0 Å². The summed E-state index contributed by atoms with van der Waals surface area (Å²) < 4.78 is 17.4. The first-order chi connectivity index (χ1) is 16.5. The number of nitrogens with zero attached hydrogens (tertiary/aromatic N) is 3. The van der Waals surface area contributed by atoms with Gasteiger partial charge in [-0.3, -0.25) is 14.2 Å². The van der Waals surface area contributed by atoms with Gasteiger partial charge in [-0.2, -0.15) is 0 Å². The summed E-state index contributed by atoms with van der Waals surface area (Å²) in [4.78, 5) is 30.7. The van der Waals surface area contributed by atoms with Gasteiger partial charge in [0.05, 0.1) is 30.9 Å². The van der Waals surface area contributed by atoms with Crippen LogP contribution in [0.4, 0.5) is 5.82 Å². The van der Waals surface area contributed by atoms with Gasteiger partial charge in [-0.25, -0.2) is 4.98 Å². The van der Waals surface area contributed by atoms with E-state index < -0.39 is 0 Å². The molecule has 34 heavy (non-hydrogen) atoms. The summed E-state index contributed by atoms with van der Waals surface area (Å²) in [5.74, 6) is 1.73. The number of thioether (sulfide) groups is 1. The minimum atomic E-state index is -0.263. The number of hydrogen-bond acceptors (Lipinski definition) is 8. The Morgan fingerprint density at radius 1 is 1.21 bits per heavy atom. The van der Waals surface area contributed by atoms with E-state index in [0.29, 0.717) is 45.7 Å². The summed E-state index contributed by atoms with van der Waals surface area (Å²) in [7, 11) is 3.07. The third-order valence-electron chi connectivity index (χ3n) is 5.69. The van der Waals surface area contributed by atoms with E-state index in [0.717, 1.165) is 19.3 Å². The van der Waals surface area contributed by atoms with Crippen LogP contribution in [0.1, 0.15) is 37.9 Å². The van der Waals surface area contributed by atoms with Crippen molar-refractivity contribution in [1.82, 2.24) is 14.7 Å². The molecule has 2 heterocycles. The third kappa shape index (κ3) is 5.44. The summed E-state index contributed by atoms with van der Waals surface area (Å²) >= 11 is 1.21. The molecule has 1 N–H and O–H groups in total. The Kier molecular flexibility index (Phi) is 7.56. The lowest BCUT2D eigenvalue weighted by molar-refractivity contribution is -0.113. The average Bonchev–Trinajstić information content (AvgIpc) is 3.26. The van der Waals surface area contributed by atoms with Crippen molar-refractivity contribution in [2.24, 2.45) is 0 Å². The highest BCUT2D eigenvalue weighted by Gasteiger charge is 2.17. The van der Waals surface area contributed by atoms with Crippen molar-refractivity contribution in [1.29, 1.82) is 0 Å². The molecule has 0 fully saturated rings. The number of allylic oxidation sites excluding steroid dienone is 2. The lowest BCUT2D eigenvalue weighted by Crippen LogP contribution is -2.25. The molecule has 0 unspecified atom stereocenters. The van der Waals surface area contributed by atoms with Crippen LogP contribution in [0.3, 0.4) is 0 Å². The van der Waals surface area contributed by atoms with Crippen LogP contribution in [0.5, 0.6) is 11.5 Å². The number of anilines is 1. The highest BCUT2D eigenvalue weighted by molar-refractivity contribution is 7.99. The number of carbonyl (C=O) groups excluding carboxylic acids is 1. The molecule has 1 aromatic carbocycles. The Morgan fingerprint density at radius 3 is 2.68 bits per heavy atom. The van der Waals surface area contributed by atoms with Crippen LogP contribution in [0.15, 0.2) is 44.3 Å². The standard InChI is InChI=1S/C24H28N4O5S/c1-15-11-21(27-33-15)26-22(29)14-34-24-25-18-13-20(32-3)19(31-2)12-17(18)23(30)28(24)10-9-16-7-5-4-6-8-16/h7,11-13H,4-6,8-10,14H2,1-3H3,(H,26,27,29). The fourth-order valence-electron chi connectivity index (χ4n) is 3.96. The van der Waals surface area contributed by atoms with Crippen molar-refractivity contribution < 1.29 is 18.8 Å². The lowest BCUT2D eigenvalue weighted by Gasteiger charge is -2.17. The first-order valence-electron chi connectivity index (χ1n) is 11.2. The van der Waals surface area contributed by atoms with Gasteiger partial charge in [-0.05, 0) is 45.1 Å². The molecule has 180 valence electrons. The first kappa shape index (κ1) is 23.9. The molecule has 4 rings (SSSR count). The number of benzene rings is 1. The van der Waals surface area contributed by atoms with Crippen LogP contribution in [0.2, 0.25) is 0 Å². The van der Waals surface area contributed by atoms with Crippen LogP contribution in [-0.2, 0) is 11.3 Å². The van der Waals surface area contributed by atoms with E-state index in [-0.39, 0.29) is 17.2 Å². The summed E-state index contributed by atoms with van der Waals surface area (Å²) in [6.45, 7) is 2.24. The average molecular weight is 485 g/mol. The van der Waals surface area contributed by atoms with Gasteiger partial charge >= 0.3 is 0 Å². The molecule has 0 spiro atoms. The van der Waals surface area contributed by atoms with Crippen molar-refractivity contribution >= 4 is 34.4 Å². The second-order valence-corrected chi connectivity index (χ2v) is 9.04. The maximum absolute atomic E-state index is 13.5. The van der Waals surface area contributed by atoms with Crippen molar-refractivity contribution in [2.75, 3.05) is 25.3 Å². The molecule has 1 aliphatic carbocycles. The second kappa shape index (κ2) is 10.8. The number of amides is 1. The van der Waals surface area contributed by atoms with Gasteiger partial charge in [-0.15, -0.1) is 0 Å². The normalized spacial score (nSPS) is 13.6. The third-order valence-corrected chi connectivity index (χ3v) is 6.67. The van der Waals surface area contributed by atoms with Crippen LogP contribution in [0, 0.1) is 6.92 Å². The van der Waals surface area contributed by atoms with Gasteiger partial charge in [0.2, 0.25) is 5.91 Å². The first-order valence-corrected chi connectivity index (χ1v) is 12.2. The second-order valence-electron chi connectivity index (χ2n) is 8.09. The number of nitrogens with one attached hydrogen (secondary N) is 1. The quantitative estimate of drug-likeness (QED) is 0.272. The molecule has 0 aliphatic heterocycles. The van der Waals surface area contributed by atoms with Gasteiger partial charge in [-0.1, -0.05) is 28.6 Å². The predicted molar refractivity (Wildman–Crippen MR) is 131 cm³/mol. The smallest absolute Gasteiger partial charge is 0.262 e. The zero-order chi connectivity index (χ0) is 24.1. The van der Waals surface area contributed by atoms with E-state index in [2.05, 4.69) is 16.5 Å². The zero-order valence-electron chi connectivity index (χ0n) is 19.6. The molecule has 2 aromatic heterocycles. The van der Waals surface area contributed by atoms with Crippen LogP contribution >= 0.6 is 11.8 Å². The van der Waals surface area contributed by atoms with E-state index in [4.69, 9.17) is 19.0 Å². The molecule has 1 amide bonds. The zero-order valence-corrected chi connectivity index (χ0v) is 20.4. The minimum Gasteiger partial charge on any atom is -0.493 e. The Hall–Kier alpha value is -3.27. The Balaban J connectivity index is 1.64. The van der Waals surface area contributed by atoms with Gasteiger partial charge < -0.3 is 19.3 Å². The van der Waals surface area contributed by atoms with Crippen molar-refractivity contribution in [2.45, 2.75) is 50.7 Å². The molecule has 0 saturated heterocycles. The predicted octanol–water partition coefficient (Wildman–Crippen LogP) is 4.33. The van der Waals surface area contributed by atoms with Crippen molar-refractivity contribution in [3.63, 3.8) is 0 Å². The van der Waals surface area contributed by atoms with Gasteiger partial charge in [0.1, 0.15) is 5.76 Å². The number of fused-ring (bicyclic) bond motifs is 1. The summed E-state index contributed by atoms with van der Waals surface area (Å²) in [6, 6.07) is 4.99. The van der Waals surface area contributed by atoms with E-state index in [9.17, 15) is 9.59 Å². The van der Waals surface area contributed by atoms with Crippen LogP contribution in [0.25, 0.3) is 10.9 Å². The highest BCUT2D eigenvalue weighted by atomic mass is 32.2. The Bertz CT molecular complexity index is 1280. The monoisotopic (exact) mass is 484 g/mol. The van der Waals surface area contributed by atoms with Gasteiger partial charge in [0.15, 0.2) is 22.5 Å². The number of aryl methyl sites for hydroxylation is 1. The summed E-state index contributed by atoms with van der Waals surface area (Å²) in [5.41, 5.74) is 1.68. The van der Waals surface area contributed by atoms with Gasteiger partial charge in [0, 0.05) is 18.7 Å². The molecule has 0 saturated carbocycles. The summed E-state index contributed by atoms with van der Waals surface area (Å²) in [5, 5.41) is 7.40. The molecule has 1 aliphatic rings. The SMILES string of the molecule is COc1cc2nc(SCC(=O)Nc3cc(C)on3)n(CCC3=CCCCC3)c(=O)c2cc1OC. The summed E-state index contributed by atoms with van der Waals surface area (Å²) in [6.07, 6.45) is 7.58. The Morgan fingerprint density at radius 2 is 2.00 bits per heavy atom. The lowest BCUT2D eigenvalue weighted by atomic mass is 9.97. The van der Waals surface area contributed by atoms with Crippen molar-refractivity contribution in [3.05, 3.63) is 46.0 Å². The molecule has 10 heteroatoms. The molecule has 0 bridgehead atoms. The number of carbonyl (C=O) groups is 1. The number of hydrogen-bond donors (Lipinski definition) is 1. The Labute approximate surface area is 201 Å². The fraction of sp³-hybridized carbons (Fsp3) is 0.417. The van der Waals surface area contributed by atoms with E-state index in [1.54, 1.807) is 29.7 Å². The molecule has 9 nitrogen and oxygen atoms in total. The number of rotatable bonds is 9. The van der Waals surface area contributed by atoms with Gasteiger partial charge in [0.25, 0.3) is 5.56 Å². The van der Waals surface area contributed by atoms with E-state index in [1.807, 2.05) is 0 Å². The number of methoxy groups -OCH3 is 2. The molecule has 0 atom stereocenters.